The van der Waals surface area contributed by atoms with Crippen molar-refractivity contribution >= 4 is 29.3 Å². The number of imide groups is 1. The van der Waals surface area contributed by atoms with Crippen LogP contribution in [0.2, 0.25) is 0 Å². The molecule has 2 aliphatic rings. The van der Waals surface area contributed by atoms with E-state index in [4.69, 9.17) is 4.74 Å². The number of amides is 2. The maximum atomic E-state index is 13.8. The third-order valence-corrected chi connectivity index (χ3v) is 7.58. The van der Waals surface area contributed by atoms with Gasteiger partial charge in [0.25, 0.3) is 0 Å². The van der Waals surface area contributed by atoms with Crippen molar-refractivity contribution in [3.8, 4) is 5.75 Å². The number of carboxylic acids is 1. The Hall–Kier alpha value is -3.52. The van der Waals surface area contributed by atoms with E-state index in [1.807, 2.05) is 26.0 Å². The van der Waals surface area contributed by atoms with Crippen molar-refractivity contribution in [3.05, 3.63) is 59.7 Å². The van der Waals surface area contributed by atoms with Crippen LogP contribution in [-0.4, -0.2) is 40.8 Å². The number of hydrogen-bond acceptors (Lipinski definition) is 6. The average Bonchev–Trinajstić information content (AvgIpc) is 3.37. The van der Waals surface area contributed by atoms with Gasteiger partial charge in [-0.05, 0) is 61.2 Å². The highest BCUT2D eigenvalue weighted by Crippen LogP contribution is 2.52. The number of fused-ring (bicyclic) bond motifs is 1. The number of carboxylic acid groups (broad SMARTS) is 1. The second-order valence-corrected chi connectivity index (χ2v) is 9.64. The zero-order chi connectivity index (χ0) is 26.2. The summed E-state index contributed by atoms with van der Waals surface area (Å²) in [7, 11) is 0. The van der Waals surface area contributed by atoms with Gasteiger partial charge in [0.15, 0.2) is 5.78 Å². The lowest BCUT2D eigenvalue weighted by Gasteiger charge is -2.36. The lowest BCUT2D eigenvalue weighted by molar-refractivity contribution is -0.151. The molecule has 2 saturated heterocycles. The smallest absolute Gasteiger partial charge is 0.325 e. The van der Waals surface area contributed by atoms with Gasteiger partial charge >= 0.3 is 5.97 Å². The number of anilines is 1. The van der Waals surface area contributed by atoms with Crippen LogP contribution in [0.15, 0.2) is 48.5 Å². The van der Waals surface area contributed by atoms with Gasteiger partial charge in [-0.25, -0.2) is 4.90 Å². The predicted octanol–water partition coefficient (Wildman–Crippen LogP) is 4.00. The SMILES string of the molecule is CCCOc1ccc(C2NC(C(=O)O)(C(C)CC)C3C(=O)N(c4ccc(C(C)=O)cc4)C(=O)C23)cc1. The molecule has 4 rings (SSSR count). The minimum Gasteiger partial charge on any atom is -0.494 e. The van der Waals surface area contributed by atoms with Gasteiger partial charge in [0, 0.05) is 11.6 Å². The van der Waals surface area contributed by atoms with E-state index in [0.29, 0.717) is 30.0 Å². The zero-order valence-electron chi connectivity index (χ0n) is 21.0. The number of Topliss-reactive ketones (excluding diaryl/α,β-unsaturated/α-hetero) is 1. The number of ketones is 1. The number of aliphatic carboxylic acids is 1. The fourth-order valence-corrected chi connectivity index (χ4v) is 5.50. The Kier molecular flexibility index (Phi) is 7.00. The summed E-state index contributed by atoms with van der Waals surface area (Å²) in [5.74, 6) is -3.97. The van der Waals surface area contributed by atoms with Crippen molar-refractivity contribution in [1.82, 2.24) is 5.32 Å². The highest BCUT2D eigenvalue weighted by Gasteiger charge is 2.70. The van der Waals surface area contributed by atoms with E-state index in [9.17, 15) is 24.3 Å². The first kappa shape index (κ1) is 25.6. The Morgan fingerprint density at radius 1 is 1.06 bits per heavy atom. The van der Waals surface area contributed by atoms with Crippen LogP contribution in [0.5, 0.6) is 5.75 Å². The van der Waals surface area contributed by atoms with E-state index in [0.717, 1.165) is 16.9 Å². The number of benzene rings is 2. The third-order valence-electron chi connectivity index (χ3n) is 7.58. The van der Waals surface area contributed by atoms with Crippen LogP contribution in [0.4, 0.5) is 5.69 Å². The normalized spacial score (nSPS) is 26.1. The zero-order valence-corrected chi connectivity index (χ0v) is 21.0. The molecule has 8 heteroatoms. The molecule has 2 aromatic carbocycles. The summed E-state index contributed by atoms with van der Waals surface area (Å²) in [6, 6.07) is 12.8. The van der Waals surface area contributed by atoms with Crippen LogP contribution in [0.1, 0.15) is 62.5 Å². The maximum Gasteiger partial charge on any atom is 0.325 e. The molecular weight excluding hydrogens is 460 g/mol. The van der Waals surface area contributed by atoms with Crippen molar-refractivity contribution in [3.63, 3.8) is 0 Å². The number of carbonyl (C=O) groups is 4. The van der Waals surface area contributed by atoms with Crippen LogP contribution < -0.4 is 15.0 Å². The summed E-state index contributed by atoms with van der Waals surface area (Å²) < 4.78 is 5.67. The van der Waals surface area contributed by atoms with Gasteiger partial charge in [0.2, 0.25) is 11.8 Å². The molecule has 0 spiro atoms. The van der Waals surface area contributed by atoms with E-state index in [1.54, 1.807) is 43.3 Å². The number of nitrogens with zero attached hydrogens (tertiary/aromatic N) is 1. The van der Waals surface area contributed by atoms with Gasteiger partial charge in [-0.1, -0.05) is 39.3 Å². The molecule has 5 atom stereocenters. The van der Waals surface area contributed by atoms with Gasteiger partial charge in [-0.15, -0.1) is 0 Å². The van der Waals surface area contributed by atoms with Crippen LogP contribution in [-0.2, 0) is 14.4 Å². The van der Waals surface area contributed by atoms with Crippen molar-refractivity contribution in [2.75, 3.05) is 11.5 Å². The summed E-state index contributed by atoms with van der Waals surface area (Å²) in [5, 5.41) is 13.7. The summed E-state index contributed by atoms with van der Waals surface area (Å²) in [4.78, 5) is 53.2. The van der Waals surface area contributed by atoms with Crippen molar-refractivity contribution in [2.24, 2.45) is 17.8 Å². The molecule has 5 unspecified atom stereocenters. The van der Waals surface area contributed by atoms with Gasteiger partial charge in [0.05, 0.1) is 24.1 Å². The average molecular weight is 493 g/mol. The molecule has 0 saturated carbocycles. The predicted molar refractivity (Wildman–Crippen MR) is 134 cm³/mol. The maximum absolute atomic E-state index is 13.8. The van der Waals surface area contributed by atoms with Crippen LogP contribution >= 0.6 is 0 Å². The summed E-state index contributed by atoms with van der Waals surface area (Å²) in [6.45, 7) is 7.70. The summed E-state index contributed by atoms with van der Waals surface area (Å²) in [5.41, 5.74) is -0.102. The molecule has 2 amide bonds. The van der Waals surface area contributed by atoms with E-state index >= 15 is 0 Å². The molecule has 2 aromatic rings. The fourth-order valence-electron chi connectivity index (χ4n) is 5.50. The molecule has 2 heterocycles. The van der Waals surface area contributed by atoms with Crippen molar-refractivity contribution < 1.29 is 29.0 Å². The molecule has 190 valence electrons. The number of nitrogens with one attached hydrogen (secondary N) is 1. The highest BCUT2D eigenvalue weighted by atomic mass is 16.5. The van der Waals surface area contributed by atoms with Crippen molar-refractivity contribution in [2.45, 2.75) is 52.1 Å². The van der Waals surface area contributed by atoms with Crippen molar-refractivity contribution in [1.29, 1.82) is 0 Å². The van der Waals surface area contributed by atoms with Gasteiger partial charge < -0.3 is 9.84 Å². The number of rotatable bonds is 9. The number of carbonyl (C=O) groups excluding carboxylic acids is 3. The number of hydrogen-bond donors (Lipinski definition) is 2. The Bertz CT molecular complexity index is 1180. The Labute approximate surface area is 210 Å². The molecule has 0 aromatic heterocycles. The minimum absolute atomic E-state index is 0.130. The standard InChI is InChI=1S/C28H32N2O6/c1-5-15-36-21-13-9-19(10-14-21)24-22-23(28(29-24,27(34)35)16(3)6-2)26(33)30(25(22)32)20-11-7-18(8-12-20)17(4)31/h7-14,16,22-24,29H,5-6,15H2,1-4H3,(H,34,35). The Morgan fingerprint density at radius 2 is 1.69 bits per heavy atom. The van der Waals surface area contributed by atoms with E-state index in [2.05, 4.69) is 5.32 Å². The second-order valence-electron chi connectivity index (χ2n) is 9.64. The Balaban J connectivity index is 1.79. The minimum atomic E-state index is -1.61. The Morgan fingerprint density at radius 3 is 2.22 bits per heavy atom. The topological polar surface area (TPSA) is 113 Å². The van der Waals surface area contributed by atoms with Crippen LogP contribution in [0, 0.1) is 17.8 Å². The first-order chi connectivity index (χ1) is 17.2. The molecule has 0 bridgehead atoms. The summed E-state index contributed by atoms with van der Waals surface area (Å²) in [6.07, 6.45) is 1.37. The molecule has 0 radical (unpaired) electrons. The second kappa shape index (κ2) is 9.85. The lowest BCUT2D eigenvalue weighted by atomic mass is 9.72. The van der Waals surface area contributed by atoms with Crippen LogP contribution in [0.3, 0.4) is 0 Å². The van der Waals surface area contributed by atoms with Gasteiger partial charge in [-0.2, -0.15) is 0 Å². The van der Waals surface area contributed by atoms with Gasteiger partial charge in [-0.3, -0.25) is 24.5 Å². The van der Waals surface area contributed by atoms with Gasteiger partial charge in [0.1, 0.15) is 11.3 Å². The third kappa shape index (κ3) is 3.99. The molecule has 2 fully saturated rings. The molecule has 0 aliphatic carbocycles. The summed E-state index contributed by atoms with van der Waals surface area (Å²) >= 11 is 0. The fraction of sp³-hybridized carbons (Fsp3) is 0.429. The molecule has 8 nitrogen and oxygen atoms in total. The molecule has 2 aliphatic heterocycles. The first-order valence-corrected chi connectivity index (χ1v) is 12.4. The highest BCUT2D eigenvalue weighted by molar-refractivity contribution is 6.24. The number of ether oxygens (including phenoxy) is 1. The van der Waals surface area contributed by atoms with E-state index in [1.165, 1.54) is 6.92 Å². The first-order valence-electron chi connectivity index (χ1n) is 12.4. The largest absolute Gasteiger partial charge is 0.494 e. The monoisotopic (exact) mass is 492 g/mol. The molecule has 36 heavy (non-hydrogen) atoms. The lowest BCUT2D eigenvalue weighted by Crippen LogP contribution is -2.59. The quantitative estimate of drug-likeness (QED) is 0.402. The molecular formula is C28H32N2O6. The molecule has 2 N–H and O–H groups in total. The van der Waals surface area contributed by atoms with E-state index < -0.39 is 47.1 Å². The van der Waals surface area contributed by atoms with E-state index in [-0.39, 0.29) is 5.78 Å². The van der Waals surface area contributed by atoms with Crippen LogP contribution in [0.25, 0.3) is 0 Å².